The fraction of sp³-hybridized carbons (Fsp3) is 0.447. The highest BCUT2D eigenvalue weighted by Crippen LogP contribution is 2.66. The van der Waals surface area contributed by atoms with Gasteiger partial charge in [0, 0.05) is 18.0 Å². The molecule has 1 spiro atoms. The Labute approximate surface area is 292 Å². The number of alkyl carbamates (subject to hydrolysis) is 1. The van der Waals surface area contributed by atoms with Crippen LogP contribution in [0.15, 0.2) is 66.3 Å². The van der Waals surface area contributed by atoms with Crippen molar-refractivity contribution in [2.24, 2.45) is 0 Å². The number of aromatic nitrogens is 1. The molecule has 3 atom stereocenters. The van der Waals surface area contributed by atoms with E-state index < -0.39 is 11.7 Å². The number of rotatable bonds is 15. The number of aryl methyl sites for hydroxylation is 2. The van der Waals surface area contributed by atoms with Crippen LogP contribution in [0.1, 0.15) is 60.5 Å². The third-order valence-corrected chi connectivity index (χ3v) is 9.73. The Morgan fingerprint density at radius 1 is 1.00 bits per heavy atom. The van der Waals surface area contributed by atoms with Gasteiger partial charge in [0.25, 0.3) is 0 Å². The van der Waals surface area contributed by atoms with Gasteiger partial charge in [-0.2, -0.15) is 0 Å². The van der Waals surface area contributed by atoms with Crippen molar-refractivity contribution < 1.29 is 28.5 Å². The predicted molar refractivity (Wildman–Crippen MR) is 191 cm³/mol. The standard InChI is InChI=1S/C38H46N4O6S/c1-25-8-6-7-9-31(25)34-38-24-28(23-29(38)14-16-42(34)38)33-26(2)49-35(41-33)40-32(43)22-27-10-12-30(13-11-27)47-21-20-46-19-18-45-17-15-39-36(44)48-37(3,4)5/h6-13,23-24,34H,14-22H2,1-5H3,(H,39,44)(H,40,41,43)/t34-,38?,42?/m1/s1. The fourth-order valence-electron chi connectivity index (χ4n) is 6.67. The maximum Gasteiger partial charge on any atom is 0.407 e. The molecule has 2 aliphatic heterocycles. The predicted octanol–water partition coefficient (Wildman–Crippen LogP) is 6.40. The average molecular weight is 687 g/mol. The van der Waals surface area contributed by atoms with Crippen molar-refractivity contribution in [2.75, 3.05) is 51.4 Å². The molecule has 1 aliphatic carbocycles. The van der Waals surface area contributed by atoms with Gasteiger partial charge < -0.3 is 29.6 Å². The summed E-state index contributed by atoms with van der Waals surface area (Å²) < 4.78 is 21.9. The molecule has 2 unspecified atom stereocenters. The number of piperidine rings is 1. The van der Waals surface area contributed by atoms with E-state index in [1.54, 1.807) is 0 Å². The number of nitrogens with zero attached hydrogens (tertiary/aromatic N) is 2. The van der Waals surface area contributed by atoms with Gasteiger partial charge in [0.2, 0.25) is 5.91 Å². The van der Waals surface area contributed by atoms with E-state index in [0.717, 1.165) is 34.7 Å². The van der Waals surface area contributed by atoms with Gasteiger partial charge in [-0.3, -0.25) is 9.69 Å². The average Bonchev–Trinajstić information content (AvgIpc) is 3.32. The SMILES string of the molecule is Cc1ccccc1[C@H]1N2CCC3=CC(c4nc(NC(=O)Cc5ccc(OCCOCCOCCNC(=O)OC(C)(C)C)cc5)sc4C)=CC312. The molecule has 2 fully saturated rings. The lowest BCUT2D eigenvalue weighted by Crippen LogP contribution is -2.34. The van der Waals surface area contributed by atoms with E-state index in [0.29, 0.717) is 56.5 Å². The molecule has 6 rings (SSSR count). The molecule has 3 aliphatic rings. The second-order valence-electron chi connectivity index (χ2n) is 13.6. The van der Waals surface area contributed by atoms with Crippen molar-refractivity contribution in [3.8, 4) is 5.75 Å². The lowest BCUT2D eigenvalue weighted by atomic mass is 9.91. The van der Waals surface area contributed by atoms with Crippen LogP contribution in [0, 0.1) is 13.8 Å². The van der Waals surface area contributed by atoms with Crippen molar-refractivity contribution in [1.29, 1.82) is 0 Å². The Hall–Kier alpha value is -4.03. The Morgan fingerprint density at radius 2 is 1.73 bits per heavy atom. The van der Waals surface area contributed by atoms with Crippen molar-refractivity contribution in [3.63, 3.8) is 0 Å². The van der Waals surface area contributed by atoms with E-state index >= 15 is 0 Å². The Morgan fingerprint density at radius 3 is 2.49 bits per heavy atom. The van der Waals surface area contributed by atoms with Gasteiger partial charge in [0.15, 0.2) is 5.13 Å². The molecule has 0 saturated carbocycles. The fourth-order valence-corrected chi connectivity index (χ4v) is 7.52. The van der Waals surface area contributed by atoms with Crippen LogP contribution in [-0.4, -0.2) is 79.1 Å². The number of anilines is 1. The summed E-state index contributed by atoms with van der Waals surface area (Å²) in [7, 11) is 0. The van der Waals surface area contributed by atoms with Crippen molar-refractivity contribution in [3.05, 3.63) is 93.5 Å². The number of amides is 2. The first-order chi connectivity index (χ1) is 23.5. The molecule has 3 heterocycles. The van der Waals surface area contributed by atoms with E-state index in [1.807, 2.05) is 45.0 Å². The van der Waals surface area contributed by atoms with Gasteiger partial charge >= 0.3 is 6.09 Å². The number of hydrogen-bond acceptors (Lipinski definition) is 9. The van der Waals surface area contributed by atoms with Crippen molar-refractivity contribution >= 4 is 34.0 Å². The molecular weight excluding hydrogens is 641 g/mol. The number of thiazole rings is 1. The molecule has 2 amide bonds. The first-order valence-electron chi connectivity index (χ1n) is 16.9. The van der Waals surface area contributed by atoms with Gasteiger partial charge in [-0.15, -0.1) is 11.3 Å². The lowest BCUT2D eigenvalue weighted by molar-refractivity contribution is -0.115. The van der Waals surface area contributed by atoms with Crippen LogP contribution in [-0.2, 0) is 25.4 Å². The van der Waals surface area contributed by atoms with Gasteiger partial charge in [-0.25, -0.2) is 9.78 Å². The van der Waals surface area contributed by atoms with E-state index in [1.165, 1.54) is 28.0 Å². The largest absolute Gasteiger partial charge is 0.491 e. The minimum absolute atomic E-state index is 0.0106. The molecule has 10 nitrogen and oxygen atoms in total. The summed E-state index contributed by atoms with van der Waals surface area (Å²) in [5, 5.41) is 6.28. The number of ether oxygens (including phenoxy) is 4. The van der Waals surface area contributed by atoms with E-state index in [2.05, 4.69) is 65.8 Å². The van der Waals surface area contributed by atoms with Crippen LogP contribution in [0.4, 0.5) is 9.93 Å². The summed E-state index contributed by atoms with van der Waals surface area (Å²) in [6, 6.07) is 16.6. The maximum absolute atomic E-state index is 12.9. The molecule has 2 saturated heterocycles. The molecular formula is C38H46N4O6S. The van der Waals surface area contributed by atoms with Gasteiger partial charge in [0.1, 0.15) is 18.0 Å². The topological polar surface area (TPSA) is 111 Å². The molecule has 2 aromatic carbocycles. The molecule has 11 heteroatoms. The highest BCUT2D eigenvalue weighted by atomic mass is 32.1. The maximum atomic E-state index is 12.9. The van der Waals surface area contributed by atoms with E-state index in [9.17, 15) is 9.59 Å². The van der Waals surface area contributed by atoms with Gasteiger partial charge in [-0.1, -0.05) is 42.5 Å². The molecule has 3 aromatic rings. The second-order valence-corrected chi connectivity index (χ2v) is 14.8. The van der Waals surface area contributed by atoms with Crippen LogP contribution >= 0.6 is 11.3 Å². The number of nitrogens with one attached hydrogen (secondary N) is 2. The quantitative estimate of drug-likeness (QED) is 0.140. The van der Waals surface area contributed by atoms with E-state index in [4.69, 9.17) is 23.9 Å². The highest BCUT2D eigenvalue weighted by molar-refractivity contribution is 7.15. The summed E-state index contributed by atoms with van der Waals surface area (Å²) in [6.07, 6.45) is 5.60. The lowest BCUT2D eigenvalue weighted by Gasteiger charge is -2.19. The molecule has 0 bridgehead atoms. The number of carbonyl (C=O) groups excluding carboxylic acids is 2. The zero-order valence-corrected chi connectivity index (χ0v) is 29.8. The molecule has 49 heavy (non-hydrogen) atoms. The van der Waals surface area contributed by atoms with Crippen LogP contribution < -0.4 is 15.4 Å². The second kappa shape index (κ2) is 14.8. The van der Waals surface area contributed by atoms with E-state index in [-0.39, 0.29) is 17.9 Å². The molecule has 0 radical (unpaired) electrons. The highest BCUT2D eigenvalue weighted by Gasteiger charge is 2.68. The van der Waals surface area contributed by atoms with Crippen LogP contribution in [0.5, 0.6) is 5.75 Å². The molecule has 260 valence electrons. The Bertz CT molecular complexity index is 1730. The third kappa shape index (κ3) is 8.24. The number of benzene rings is 2. The summed E-state index contributed by atoms with van der Waals surface area (Å²) in [5.41, 5.74) is 6.68. The number of carbonyl (C=O) groups is 2. The summed E-state index contributed by atoms with van der Waals surface area (Å²) in [4.78, 5) is 33.1. The monoisotopic (exact) mass is 686 g/mol. The summed E-state index contributed by atoms with van der Waals surface area (Å²) in [5.74, 6) is 0.604. The minimum atomic E-state index is -0.523. The van der Waals surface area contributed by atoms with Gasteiger partial charge in [-0.05, 0) is 87.1 Å². The number of allylic oxidation sites excluding steroid dienone is 2. The van der Waals surface area contributed by atoms with Crippen LogP contribution in [0.3, 0.4) is 0 Å². The minimum Gasteiger partial charge on any atom is -0.491 e. The van der Waals surface area contributed by atoms with Crippen LogP contribution in [0.2, 0.25) is 0 Å². The zero-order chi connectivity index (χ0) is 34.6. The summed E-state index contributed by atoms with van der Waals surface area (Å²) in [6.45, 7) is 13.2. The van der Waals surface area contributed by atoms with Crippen LogP contribution in [0.25, 0.3) is 5.57 Å². The van der Waals surface area contributed by atoms with Crippen molar-refractivity contribution in [1.82, 2.24) is 15.2 Å². The first-order valence-corrected chi connectivity index (χ1v) is 17.7. The zero-order valence-electron chi connectivity index (χ0n) is 29.0. The Balaban J connectivity index is 0.897. The van der Waals surface area contributed by atoms with Crippen molar-refractivity contribution in [2.45, 2.75) is 64.6 Å². The first kappa shape index (κ1) is 34.8. The number of hydrogen-bond donors (Lipinski definition) is 2. The van der Waals surface area contributed by atoms with Gasteiger partial charge in [0.05, 0.1) is 50.1 Å². The Kier molecular flexibility index (Phi) is 10.5. The normalized spacial score (nSPS) is 20.6. The third-order valence-electron chi connectivity index (χ3n) is 8.85. The summed E-state index contributed by atoms with van der Waals surface area (Å²) >= 11 is 1.52. The smallest absolute Gasteiger partial charge is 0.407 e. The molecule has 2 N–H and O–H groups in total. The molecule has 1 aromatic heterocycles.